The van der Waals surface area contributed by atoms with E-state index in [1.807, 2.05) is 19.1 Å². The zero-order valence-corrected chi connectivity index (χ0v) is 15.3. The topological polar surface area (TPSA) is 45.7 Å². The van der Waals surface area contributed by atoms with Gasteiger partial charge in [-0.2, -0.15) is 0 Å². The van der Waals surface area contributed by atoms with Crippen LogP contribution in [-0.4, -0.2) is 38.3 Å². The van der Waals surface area contributed by atoms with Crippen molar-refractivity contribution in [3.05, 3.63) is 35.6 Å². The standard InChI is InChI=1S/C16H24FN3O.HI/c1-2-18-16(20-12-14-7-5-11-21-14)19-10-9-13-6-3-4-8-15(13)17;/h3-4,6,8,14H,2,5,7,9-12H2,1H3,(H2,18,19,20);1H. The summed E-state index contributed by atoms with van der Waals surface area (Å²) in [5.74, 6) is 0.616. The molecule has 124 valence electrons. The molecule has 0 aliphatic carbocycles. The minimum atomic E-state index is -0.152. The number of nitrogens with one attached hydrogen (secondary N) is 2. The van der Waals surface area contributed by atoms with Crippen LogP contribution in [0.4, 0.5) is 4.39 Å². The van der Waals surface area contributed by atoms with Crippen molar-refractivity contribution in [2.45, 2.75) is 32.3 Å². The first-order valence-corrected chi connectivity index (χ1v) is 7.66. The van der Waals surface area contributed by atoms with Crippen LogP contribution in [0.25, 0.3) is 0 Å². The minimum absolute atomic E-state index is 0. The van der Waals surface area contributed by atoms with Crippen LogP contribution in [0.5, 0.6) is 0 Å². The van der Waals surface area contributed by atoms with Gasteiger partial charge in [-0.25, -0.2) is 4.39 Å². The zero-order valence-electron chi connectivity index (χ0n) is 13.0. The fourth-order valence-electron chi connectivity index (χ4n) is 2.34. The Morgan fingerprint density at radius 2 is 2.18 bits per heavy atom. The van der Waals surface area contributed by atoms with Gasteiger partial charge in [0.1, 0.15) is 5.82 Å². The molecule has 1 aromatic carbocycles. The fraction of sp³-hybridized carbons (Fsp3) is 0.562. The summed E-state index contributed by atoms with van der Waals surface area (Å²) < 4.78 is 19.1. The van der Waals surface area contributed by atoms with Gasteiger partial charge in [0, 0.05) is 19.7 Å². The molecule has 4 nitrogen and oxygen atoms in total. The maximum Gasteiger partial charge on any atom is 0.191 e. The lowest BCUT2D eigenvalue weighted by atomic mass is 10.1. The number of hydrogen-bond donors (Lipinski definition) is 2. The van der Waals surface area contributed by atoms with Crippen LogP contribution in [0.15, 0.2) is 29.3 Å². The summed E-state index contributed by atoms with van der Waals surface area (Å²) in [4.78, 5) is 4.52. The van der Waals surface area contributed by atoms with Crippen LogP contribution in [0.2, 0.25) is 0 Å². The molecule has 1 aromatic rings. The van der Waals surface area contributed by atoms with Gasteiger partial charge in [0.25, 0.3) is 0 Å². The molecule has 1 saturated heterocycles. The van der Waals surface area contributed by atoms with Gasteiger partial charge in [-0.1, -0.05) is 18.2 Å². The molecule has 1 aliphatic heterocycles. The molecule has 1 heterocycles. The third kappa shape index (κ3) is 6.48. The number of nitrogens with zero attached hydrogens (tertiary/aromatic N) is 1. The van der Waals surface area contributed by atoms with E-state index in [4.69, 9.17) is 4.74 Å². The number of benzene rings is 1. The average Bonchev–Trinajstić information content (AvgIpc) is 3.00. The lowest BCUT2D eigenvalue weighted by molar-refractivity contribution is 0.117. The molecule has 1 fully saturated rings. The van der Waals surface area contributed by atoms with Crippen molar-refractivity contribution in [1.29, 1.82) is 0 Å². The van der Waals surface area contributed by atoms with Gasteiger partial charge >= 0.3 is 0 Å². The summed E-state index contributed by atoms with van der Waals surface area (Å²) >= 11 is 0. The second-order valence-electron chi connectivity index (χ2n) is 5.12. The summed E-state index contributed by atoms with van der Waals surface area (Å²) in [6.45, 7) is 5.00. The lowest BCUT2D eigenvalue weighted by Gasteiger charge is -2.13. The number of aliphatic imine (C=N–C) groups is 1. The summed E-state index contributed by atoms with van der Waals surface area (Å²) in [5.41, 5.74) is 0.722. The molecular weight excluding hydrogens is 396 g/mol. The first kappa shape index (κ1) is 19.2. The molecule has 0 radical (unpaired) electrons. The van der Waals surface area contributed by atoms with Gasteiger partial charge in [-0.3, -0.25) is 4.99 Å². The average molecular weight is 421 g/mol. The maximum atomic E-state index is 13.5. The van der Waals surface area contributed by atoms with Gasteiger partial charge in [0.05, 0.1) is 12.6 Å². The van der Waals surface area contributed by atoms with Crippen LogP contribution in [0.1, 0.15) is 25.3 Å². The Balaban J connectivity index is 0.00000242. The molecule has 0 aromatic heterocycles. The van der Waals surface area contributed by atoms with Gasteiger partial charge < -0.3 is 15.4 Å². The first-order valence-electron chi connectivity index (χ1n) is 7.66. The molecule has 0 amide bonds. The van der Waals surface area contributed by atoms with Gasteiger partial charge in [-0.15, -0.1) is 24.0 Å². The number of guanidine groups is 1. The van der Waals surface area contributed by atoms with Crippen LogP contribution in [0, 0.1) is 5.82 Å². The Morgan fingerprint density at radius 3 is 2.86 bits per heavy atom. The Kier molecular flexibility index (Phi) is 9.38. The monoisotopic (exact) mass is 421 g/mol. The normalized spacial score (nSPS) is 17.9. The summed E-state index contributed by atoms with van der Waals surface area (Å²) in [6, 6.07) is 6.87. The second-order valence-corrected chi connectivity index (χ2v) is 5.12. The molecule has 1 unspecified atom stereocenters. The number of ether oxygens (including phenoxy) is 1. The smallest absolute Gasteiger partial charge is 0.191 e. The number of halogens is 2. The van der Waals surface area contributed by atoms with E-state index >= 15 is 0 Å². The quantitative estimate of drug-likeness (QED) is 0.422. The van der Waals surface area contributed by atoms with Gasteiger partial charge in [-0.05, 0) is 37.8 Å². The molecule has 1 aliphatic rings. The van der Waals surface area contributed by atoms with E-state index in [0.29, 0.717) is 19.5 Å². The fourth-order valence-corrected chi connectivity index (χ4v) is 2.34. The zero-order chi connectivity index (χ0) is 14.9. The van der Waals surface area contributed by atoms with E-state index in [0.717, 1.165) is 37.5 Å². The highest BCUT2D eigenvalue weighted by molar-refractivity contribution is 14.0. The molecule has 1 atom stereocenters. The van der Waals surface area contributed by atoms with Crippen molar-refractivity contribution in [3.63, 3.8) is 0 Å². The summed E-state index contributed by atoms with van der Waals surface area (Å²) in [7, 11) is 0. The summed E-state index contributed by atoms with van der Waals surface area (Å²) in [5, 5.41) is 6.43. The maximum absolute atomic E-state index is 13.5. The molecule has 2 rings (SSSR count). The van der Waals surface area contributed by atoms with Crippen molar-refractivity contribution in [1.82, 2.24) is 10.6 Å². The van der Waals surface area contributed by atoms with Crippen LogP contribution < -0.4 is 10.6 Å². The SMILES string of the molecule is CCNC(=NCC1CCCO1)NCCc1ccccc1F.I. The van der Waals surface area contributed by atoms with Crippen LogP contribution in [-0.2, 0) is 11.2 Å². The molecule has 0 spiro atoms. The highest BCUT2D eigenvalue weighted by Crippen LogP contribution is 2.11. The number of rotatable bonds is 6. The van der Waals surface area contributed by atoms with Gasteiger partial charge in [0.2, 0.25) is 0 Å². The largest absolute Gasteiger partial charge is 0.376 e. The Bertz CT molecular complexity index is 464. The first-order chi connectivity index (χ1) is 10.3. The number of hydrogen-bond acceptors (Lipinski definition) is 2. The Hall–Kier alpha value is -0.890. The molecular formula is C16H25FIN3O. The lowest BCUT2D eigenvalue weighted by Crippen LogP contribution is -2.39. The van der Waals surface area contributed by atoms with Crippen molar-refractivity contribution in [2.75, 3.05) is 26.2 Å². The molecule has 0 saturated carbocycles. The van der Waals surface area contributed by atoms with E-state index in [1.165, 1.54) is 6.07 Å². The predicted octanol–water partition coefficient (Wildman–Crippen LogP) is 2.72. The van der Waals surface area contributed by atoms with E-state index in [-0.39, 0.29) is 35.9 Å². The van der Waals surface area contributed by atoms with E-state index < -0.39 is 0 Å². The van der Waals surface area contributed by atoms with Crippen molar-refractivity contribution >= 4 is 29.9 Å². The second kappa shape index (κ2) is 10.8. The predicted molar refractivity (Wildman–Crippen MR) is 98.5 cm³/mol. The Morgan fingerprint density at radius 1 is 1.36 bits per heavy atom. The van der Waals surface area contributed by atoms with Crippen molar-refractivity contribution in [3.8, 4) is 0 Å². The van der Waals surface area contributed by atoms with E-state index in [2.05, 4.69) is 15.6 Å². The highest BCUT2D eigenvalue weighted by Gasteiger charge is 2.14. The van der Waals surface area contributed by atoms with Crippen molar-refractivity contribution in [2.24, 2.45) is 4.99 Å². The van der Waals surface area contributed by atoms with E-state index in [9.17, 15) is 4.39 Å². The molecule has 22 heavy (non-hydrogen) atoms. The van der Waals surface area contributed by atoms with Crippen LogP contribution >= 0.6 is 24.0 Å². The minimum Gasteiger partial charge on any atom is -0.376 e. The third-order valence-electron chi connectivity index (χ3n) is 3.47. The molecule has 6 heteroatoms. The van der Waals surface area contributed by atoms with E-state index in [1.54, 1.807) is 6.07 Å². The third-order valence-corrected chi connectivity index (χ3v) is 3.47. The Labute approximate surface area is 148 Å². The molecule has 0 bridgehead atoms. The van der Waals surface area contributed by atoms with Crippen molar-refractivity contribution < 1.29 is 9.13 Å². The van der Waals surface area contributed by atoms with Gasteiger partial charge in [0.15, 0.2) is 5.96 Å². The summed E-state index contributed by atoms with van der Waals surface area (Å²) in [6.07, 6.45) is 3.08. The molecule has 2 N–H and O–H groups in total. The highest BCUT2D eigenvalue weighted by atomic mass is 127. The van der Waals surface area contributed by atoms with Crippen LogP contribution in [0.3, 0.4) is 0 Å².